The molecule has 4 heteroatoms. The van der Waals surface area contributed by atoms with Crippen LogP contribution < -0.4 is 9.47 Å². The van der Waals surface area contributed by atoms with Gasteiger partial charge < -0.3 is 19.7 Å². The third kappa shape index (κ3) is 4.11. The van der Waals surface area contributed by atoms with Gasteiger partial charge in [0.1, 0.15) is 6.61 Å². The highest BCUT2D eigenvalue weighted by Gasteiger charge is 2.26. The predicted octanol–water partition coefficient (Wildman–Crippen LogP) is 2.53. The molecule has 4 nitrogen and oxygen atoms in total. The molecule has 1 aromatic rings. The van der Waals surface area contributed by atoms with Crippen molar-refractivity contribution in [2.75, 3.05) is 13.7 Å². The predicted molar refractivity (Wildman–Crippen MR) is 74.6 cm³/mol. The fourth-order valence-electron chi connectivity index (χ4n) is 1.45. The van der Waals surface area contributed by atoms with Crippen LogP contribution in [0, 0.1) is 5.92 Å². The maximum atomic E-state index is 10.2. The summed E-state index contributed by atoms with van der Waals surface area (Å²) >= 11 is 0. The molecule has 0 fully saturated rings. The molecule has 0 aromatic heterocycles. The summed E-state index contributed by atoms with van der Waals surface area (Å²) in [4.78, 5) is 0. The molecule has 1 rings (SSSR count). The summed E-state index contributed by atoms with van der Waals surface area (Å²) in [6.45, 7) is 7.51. The Balaban J connectivity index is 2.84. The molecule has 0 heterocycles. The van der Waals surface area contributed by atoms with E-state index in [1.165, 1.54) is 0 Å². The van der Waals surface area contributed by atoms with Gasteiger partial charge in [0.05, 0.1) is 18.8 Å². The van der Waals surface area contributed by atoms with Crippen molar-refractivity contribution in [2.24, 2.45) is 5.92 Å². The Labute approximate surface area is 115 Å². The van der Waals surface area contributed by atoms with Gasteiger partial charge in [-0.3, -0.25) is 0 Å². The van der Waals surface area contributed by atoms with E-state index in [0.717, 1.165) is 5.56 Å². The Hall–Kier alpha value is -1.26. The highest BCUT2D eigenvalue weighted by molar-refractivity contribution is 5.43. The molecular formula is C15H24O4. The zero-order valence-electron chi connectivity index (χ0n) is 12.3. The van der Waals surface area contributed by atoms with Gasteiger partial charge in [-0.15, -0.1) is 0 Å². The quantitative estimate of drug-likeness (QED) is 0.832. The Morgan fingerprint density at radius 2 is 1.84 bits per heavy atom. The zero-order valence-corrected chi connectivity index (χ0v) is 12.3. The van der Waals surface area contributed by atoms with Crippen molar-refractivity contribution >= 4 is 0 Å². The van der Waals surface area contributed by atoms with Crippen LogP contribution in [0.3, 0.4) is 0 Å². The number of benzene rings is 1. The van der Waals surface area contributed by atoms with Crippen LogP contribution in [-0.4, -0.2) is 29.5 Å². The minimum atomic E-state index is -0.895. The first-order valence-corrected chi connectivity index (χ1v) is 6.49. The van der Waals surface area contributed by atoms with E-state index in [9.17, 15) is 10.2 Å². The Morgan fingerprint density at radius 3 is 2.32 bits per heavy atom. The number of aliphatic hydroxyl groups is 2. The Bertz CT molecular complexity index is 411. The molecular weight excluding hydrogens is 244 g/mol. The lowest BCUT2D eigenvalue weighted by atomic mass is 9.94. The standard InChI is InChI=1S/C15H24O4/c1-10(2)15(4,17)9-19-13-7-6-12(11(3)16)8-14(13)18-5/h6-8,10-11,16-17H,9H2,1-5H3. The number of hydrogen-bond acceptors (Lipinski definition) is 4. The Kier molecular flexibility index (Phi) is 5.20. The van der Waals surface area contributed by atoms with Crippen molar-refractivity contribution in [1.29, 1.82) is 0 Å². The molecule has 0 saturated carbocycles. The molecule has 0 aliphatic rings. The summed E-state index contributed by atoms with van der Waals surface area (Å²) in [7, 11) is 1.55. The Morgan fingerprint density at radius 1 is 1.21 bits per heavy atom. The van der Waals surface area contributed by atoms with Crippen molar-refractivity contribution in [3.8, 4) is 11.5 Å². The van der Waals surface area contributed by atoms with Gasteiger partial charge in [0, 0.05) is 0 Å². The first-order chi connectivity index (χ1) is 8.77. The number of ether oxygens (including phenoxy) is 2. The minimum Gasteiger partial charge on any atom is -0.493 e. The van der Waals surface area contributed by atoms with Gasteiger partial charge in [-0.2, -0.15) is 0 Å². The second-order valence-electron chi connectivity index (χ2n) is 5.39. The highest BCUT2D eigenvalue weighted by atomic mass is 16.5. The van der Waals surface area contributed by atoms with Crippen LogP contribution in [0.15, 0.2) is 18.2 Å². The second-order valence-corrected chi connectivity index (χ2v) is 5.39. The van der Waals surface area contributed by atoms with E-state index >= 15 is 0 Å². The first kappa shape index (κ1) is 15.8. The van der Waals surface area contributed by atoms with Crippen LogP contribution in [0.4, 0.5) is 0 Å². The topological polar surface area (TPSA) is 58.9 Å². The maximum Gasteiger partial charge on any atom is 0.161 e. The smallest absolute Gasteiger partial charge is 0.161 e. The molecule has 1 aromatic carbocycles. The monoisotopic (exact) mass is 268 g/mol. The van der Waals surface area contributed by atoms with Crippen molar-refractivity contribution in [3.05, 3.63) is 23.8 Å². The second kappa shape index (κ2) is 6.26. The van der Waals surface area contributed by atoms with E-state index in [2.05, 4.69) is 0 Å². The van der Waals surface area contributed by atoms with Gasteiger partial charge in [0.15, 0.2) is 11.5 Å². The van der Waals surface area contributed by atoms with E-state index in [1.54, 1.807) is 39.2 Å². The van der Waals surface area contributed by atoms with Gasteiger partial charge in [-0.25, -0.2) is 0 Å². The summed E-state index contributed by atoms with van der Waals surface area (Å²) in [5, 5.41) is 19.7. The van der Waals surface area contributed by atoms with Crippen LogP contribution in [0.1, 0.15) is 39.4 Å². The molecule has 0 radical (unpaired) electrons. The lowest BCUT2D eigenvalue weighted by Crippen LogP contribution is -2.37. The van der Waals surface area contributed by atoms with Crippen LogP contribution in [0.5, 0.6) is 11.5 Å². The fourth-order valence-corrected chi connectivity index (χ4v) is 1.45. The van der Waals surface area contributed by atoms with Crippen LogP contribution >= 0.6 is 0 Å². The molecule has 0 aliphatic heterocycles. The average molecular weight is 268 g/mol. The highest BCUT2D eigenvalue weighted by Crippen LogP contribution is 2.31. The number of methoxy groups -OCH3 is 1. The van der Waals surface area contributed by atoms with Crippen molar-refractivity contribution < 1.29 is 19.7 Å². The van der Waals surface area contributed by atoms with E-state index in [-0.39, 0.29) is 12.5 Å². The average Bonchev–Trinajstić information content (AvgIpc) is 2.35. The lowest BCUT2D eigenvalue weighted by Gasteiger charge is -2.27. The van der Waals surface area contributed by atoms with Gasteiger partial charge in [0.25, 0.3) is 0 Å². The molecule has 0 saturated heterocycles. The molecule has 0 spiro atoms. The zero-order chi connectivity index (χ0) is 14.6. The van der Waals surface area contributed by atoms with Gasteiger partial charge in [0.2, 0.25) is 0 Å². The molecule has 19 heavy (non-hydrogen) atoms. The summed E-state index contributed by atoms with van der Waals surface area (Å²) < 4.78 is 10.9. The molecule has 2 atom stereocenters. The molecule has 2 unspecified atom stereocenters. The summed E-state index contributed by atoms with van der Waals surface area (Å²) in [5.41, 5.74) is -0.131. The van der Waals surface area contributed by atoms with Gasteiger partial charge in [-0.1, -0.05) is 19.9 Å². The van der Waals surface area contributed by atoms with Crippen LogP contribution in [-0.2, 0) is 0 Å². The van der Waals surface area contributed by atoms with Gasteiger partial charge >= 0.3 is 0 Å². The van der Waals surface area contributed by atoms with Gasteiger partial charge in [-0.05, 0) is 37.5 Å². The number of hydrogen-bond donors (Lipinski definition) is 2. The van der Waals surface area contributed by atoms with Crippen LogP contribution in [0.2, 0.25) is 0 Å². The third-order valence-corrected chi connectivity index (χ3v) is 3.43. The van der Waals surface area contributed by atoms with E-state index < -0.39 is 11.7 Å². The molecule has 0 aliphatic carbocycles. The van der Waals surface area contributed by atoms with Crippen molar-refractivity contribution in [3.63, 3.8) is 0 Å². The molecule has 0 amide bonds. The van der Waals surface area contributed by atoms with Crippen molar-refractivity contribution in [1.82, 2.24) is 0 Å². The molecule has 108 valence electrons. The minimum absolute atomic E-state index is 0.0928. The largest absolute Gasteiger partial charge is 0.493 e. The SMILES string of the molecule is COc1cc(C(C)O)ccc1OCC(C)(O)C(C)C. The molecule has 0 bridgehead atoms. The maximum absolute atomic E-state index is 10.2. The summed E-state index contributed by atoms with van der Waals surface area (Å²) in [5.74, 6) is 1.21. The van der Waals surface area contributed by atoms with Crippen LogP contribution in [0.25, 0.3) is 0 Å². The molecule has 2 N–H and O–H groups in total. The fraction of sp³-hybridized carbons (Fsp3) is 0.600. The lowest BCUT2D eigenvalue weighted by molar-refractivity contribution is -0.0271. The number of rotatable bonds is 6. The third-order valence-electron chi connectivity index (χ3n) is 3.43. The first-order valence-electron chi connectivity index (χ1n) is 6.49. The summed E-state index contributed by atoms with van der Waals surface area (Å²) in [6, 6.07) is 5.27. The van der Waals surface area contributed by atoms with Crippen molar-refractivity contribution in [2.45, 2.75) is 39.4 Å². The van der Waals surface area contributed by atoms with E-state index in [0.29, 0.717) is 11.5 Å². The van der Waals surface area contributed by atoms with E-state index in [4.69, 9.17) is 9.47 Å². The normalized spacial score (nSPS) is 16.0. The van der Waals surface area contributed by atoms with E-state index in [1.807, 2.05) is 13.8 Å². The summed E-state index contributed by atoms with van der Waals surface area (Å²) in [6.07, 6.45) is -0.554. The number of aliphatic hydroxyl groups excluding tert-OH is 1.